The van der Waals surface area contributed by atoms with Gasteiger partial charge in [0.2, 0.25) is 5.95 Å². The van der Waals surface area contributed by atoms with Crippen molar-refractivity contribution in [3.05, 3.63) is 34.9 Å². The molecular formula is C19H24BrN5O2S. The Morgan fingerprint density at radius 2 is 1.89 bits per heavy atom. The minimum absolute atomic E-state index is 0.0987. The van der Waals surface area contributed by atoms with E-state index in [-0.39, 0.29) is 5.75 Å². The monoisotopic (exact) mass is 465 g/mol. The number of nitrogens with one attached hydrogen (secondary N) is 2. The van der Waals surface area contributed by atoms with Crippen molar-refractivity contribution in [1.82, 2.24) is 14.9 Å². The van der Waals surface area contributed by atoms with Crippen molar-refractivity contribution in [1.29, 1.82) is 0 Å². The summed E-state index contributed by atoms with van der Waals surface area (Å²) in [5.41, 5.74) is 0.688. The van der Waals surface area contributed by atoms with E-state index in [9.17, 15) is 8.42 Å². The molecule has 150 valence electrons. The molecule has 0 bridgehead atoms. The van der Waals surface area contributed by atoms with Crippen molar-refractivity contribution in [2.45, 2.75) is 18.7 Å². The van der Waals surface area contributed by atoms with Crippen LogP contribution in [0.1, 0.15) is 13.8 Å². The van der Waals surface area contributed by atoms with Crippen LogP contribution in [-0.4, -0.2) is 55.2 Å². The molecule has 1 aromatic carbocycles. The van der Waals surface area contributed by atoms with Crippen molar-refractivity contribution < 1.29 is 8.42 Å². The molecule has 9 heteroatoms. The van der Waals surface area contributed by atoms with E-state index in [4.69, 9.17) is 6.42 Å². The molecule has 1 aromatic heterocycles. The van der Waals surface area contributed by atoms with Crippen LogP contribution in [-0.2, 0) is 9.84 Å². The lowest BCUT2D eigenvalue weighted by atomic mass is 10.3. The molecule has 0 spiro atoms. The summed E-state index contributed by atoms with van der Waals surface area (Å²) < 4.78 is 25.7. The lowest BCUT2D eigenvalue weighted by molar-refractivity contribution is 0.321. The summed E-state index contributed by atoms with van der Waals surface area (Å²) in [6.45, 7) is 6.58. The van der Waals surface area contributed by atoms with Crippen LogP contribution in [0.15, 0.2) is 39.8 Å². The van der Waals surface area contributed by atoms with Gasteiger partial charge in [0.25, 0.3) is 0 Å². The second-order valence-corrected chi connectivity index (χ2v) is 8.91. The molecule has 0 aliphatic heterocycles. The largest absolute Gasteiger partial charge is 0.358 e. The molecule has 0 aliphatic carbocycles. The Kier molecular flexibility index (Phi) is 8.23. The number of aromatic nitrogens is 2. The quantitative estimate of drug-likeness (QED) is 0.521. The summed E-state index contributed by atoms with van der Waals surface area (Å²) in [6.07, 6.45) is 6.86. The Bertz CT molecular complexity index is 922. The maximum atomic E-state index is 12.5. The highest BCUT2D eigenvalue weighted by atomic mass is 79.9. The van der Waals surface area contributed by atoms with E-state index in [1.54, 1.807) is 30.5 Å². The number of terminal acetylenes is 1. The minimum Gasteiger partial charge on any atom is -0.358 e. The molecule has 0 unspecified atom stereocenters. The summed E-state index contributed by atoms with van der Waals surface area (Å²) in [5.74, 6) is 3.53. The number of hydrogen-bond donors (Lipinski definition) is 2. The molecule has 0 amide bonds. The lowest BCUT2D eigenvalue weighted by Crippen LogP contribution is -2.29. The molecule has 28 heavy (non-hydrogen) atoms. The molecule has 7 nitrogen and oxygen atoms in total. The summed E-state index contributed by atoms with van der Waals surface area (Å²) >= 11 is 3.36. The normalized spacial score (nSPS) is 11.2. The van der Waals surface area contributed by atoms with Gasteiger partial charge in [0.15, 0.2) is 9.84 Å². The number of halogens is 1. The number of nitrogens with zero attached hydrogens (tertiary/aromatic N) is 3. The van der Waals surface area contributed by atoms with Crippen LogP contribution >= 0.6 is 15.9 Å². The zero-order chi connectivity index (χ0) is 20.6. The number of benzene rings is 1. The van der Waals surface area contributed by atoms with E-state index in [0.717, 1.165) is 13.1 Å². The van der Waals surface area contributed by atoms with Crippen molar-refractivity contribution in [2.24, 2.45) is 0 Å². The zero-order valence-electron chi connectivity index (χ0n) is 15.9. The van der Waals surface area contributed by atoms with Crippen LogP contribution in [0.5, 0.6) is 0 Å². The molecule has 1 heterocycles. The SMILES string of the molecule is C#CCNc1nc(Nc2ccc(S(=O)(=O)CCN(CC)CC)cc2)ncc1Br. The van der Waals surface area contributed by atoms with Crippen molar-refractivity contribution in [3.8, 4) is 12.3 Å². The Balaban J connectivity index is 2.07. The van der Waals surface area contributed by atoms with E-state index in [1.165, 1.54) is 0 Å². The molecule has 2 aromatic rings. The van der Waals surface area contributed by atoms with Crippen LogP contribution in [0, 0.1) is 12.3 Å². The smallest absolute Gasteiger partial charge is 0.229 e. The van der Waals surface area contributed by atoms with E-state index in [2.05, 4.69) is 47.4 Å². The molecule has 0 fully saturated rings. The van der Waals surface area contributed by atoms with Crippen molar-refractivity contribution >= 4 is 43.2 Å². The average Bonchev–Trinajstić information content (AvgIpc) is 2.69. The summed E-state index contributed by atoms with van der Waals surface area (Å²) in [6, 6.07) is 6.58. The molecule has 0 aliphatic rings. The first-order chi connectivity index (χ1) is 13.4. The molecule has 2 N–H and O–H groups in total. The van der Waals surface area contributed by atoms with E-state index in [1.807, 2.05) is 13.8 Å². The van der Waals surface area contributed by atoms with Gasteiger partial charge in [-0.05, 0) is 53.3 Å². The highest BCUT2D eigenvalue weighted by Crippen LogP contribution is 2.22. The Morgan fingerprint density at radius 3 is 2.50 bits per heavy atom. The molecule has 0 saturated heterocycles. The Labute approximate surface area is 175 Å². The van der Waals surface area contributed by atoms with Gasteiger partial charge in [0.05, 0.1) is 21.7 Å². The van der Waals surface area contributed by atoms with Crippen molar-refractivity contribution in [2.75, 3.05) is 42.6 Å². The predicted octanol–water partition coefficient (Wildman–Crippen LogP) is 3.14. The first-order valence-corrected chi connectivity index (χ1v) is 11.4. The van der Waals surface area contributed by atoms with Crippen LogP contribution in [0.3, 0.4) is 0 Å². The lowest BCUT2D eigenvalue weighted by Gasteiger charge is -2.17. The molecule has 2 rings (SSSR count). The fourth-order valence-electron chi connectivity index (χ4n) is 2.47. The Hall–Kier alpha value is -2.15. The van der Waals surface area contributed by atoms with E-state index >= 15 is 0 Å². The van der Waals surface area contributed by atoms with Gasteiger partial charge in [0.1, 0.15) is 5.82 Å². The maximum absolute atomic E-state index is 12.5. The third-order valence-electron chi connectivity index (χ3n) is 4.14. The highest BCUT2D eigenvalue weighted by molar-refractivity contribution is 9.10. The fraction of sp³-hybridized carbons (Fsp3) is 0.368. The second kappa shape index (κ2) is 10.4. The average molecular weight is 466 g/mol. The first kappa shape index (κ1) is 22.1. The van der Waals surface area contributed by atoms with Gasteiger partial charge in [-0.15, -0.1) is 6.42 Å². The highest BCUT2D eigenvalue weighted by Gasteiger charge is 2.16. The molecular weight excluding hydrogens is 442 g/mol. The van der Waals surface area contributed by atoms with Crippen LogP contribution in [0.2, 0.25) is 0 Å². The summed E-state index contributed by atoms with van der Waals surface area (Å²) in [5, 5.41) is 6.05. The zero-order valence-corrected chi connectivity index (χ0v) is 18.3. The van der Waals surface area contributed by atoms with Gasteiger partial charge in [-0.1, -0.05) is 19.8 Å². The van der Waals surface area contributed by atoms with Crippen molar-refractivity contribution in [3.63, 3.8) is 0 Å². The molecule has 0 radical (unpaired) electrons. The fourth-order valence-corrected chi connectivity index (χ4v) is 4.08. The number of anilines is 3. The van der Waals surface area contributed by atoms with Crippen LogP contribution in [0.25, 0.3) is 0 Å². The number of hydrogen-bond acceptors (Lipinski definition) is 7. The van der Waals surface area contributed by atoms with Gasteiger partial charge in [-0.3, -0.25) is 0 Å². The topological polar surface area (TPSA) is 87.2 Å². The second-order valence-electron chi connectivity index (χ2n) is 5.94. The van der Waals surface area contributed by atoms with Gasteiger partial charge in [-0.25, -0.2) is 13.4 Å². The van der Waals surface area contributed by atoms with Gasteiger partial charge >= 0.3 is 0 Å². The number of rotatable bonds is 10. The van der Waals surface area contributed by atoms with Crippen LogP contribution in [0.4, 0.5) is 17.5 Å². The van der Waals surface area contributed by atoms with Gasteiger partial charge < -0.3 is 15.5 Å². The van der Waals surface area contributed by atoms with Gasteiger partial charge in [-0.2, -0.15) is 4.98 Å². The first-order valence-electron chi connectivity index (χ1n) is 8.91. The minimum atomic E-state index is -3.32. The Morgan fingerprint density at radius 1 is 1.21 bits per heavy atom. The van der Waals surface area contributed by atoms with Gasteiger partial charge in [0, 0.05) is 18.4 Å². The third kappa shape index (κ3) is 6.19. The molecule has 0 atom stereocenters. The summed E-state index contributed by atoms with van der Waals surface area (Å²) in [7, 11) is -3.32. The van der Waals surface area contributed by atoms with Crippen LogP contribution < -0.4 is 10.6 Å². The van der Waals surface area contributed by atoms with E-state index in [0.29, 0.717) is 39.9 Å². The predicted molar refractivity (Wildman–Crippen MR) is 117 cm³/mol. The third-order valence-corrected chi connectivity index (χ3v) is 6.43. The molecule has 0 saturated carbocycles. The summed E-state index contributed by atoms with van der Waals surface area (Å²) in [4.78, 5) is 10.9. The van der Waals surface area contributed by atoms with E-state index < -0.39 is 9.84 Å². The maximum Gasteiger partial charge on any atom is 0.229 e. The number of sulfone groups is 1. The standard InChI is InChI=1S/C19H24BrN5O2S/c1-4-11-21-18-17(20)14-22-19(24-18)23-15-7-9-16(10-8-15)28(26,27)13-12-25(5-2)6-3/h1,7-10,14H,5-6,11-13H2,2-3H3,(H2,21,22,23,24).